The zero-order chi connectivity index (χ0) is 8.27. The highest BCUT2D eigenvalue weighted by molar-refractivity contribution is 14.1. The van der Waals surface area contributed by atoms with Gasteiger partial charge in [-0.05, 0) is 23.6 Å². The summed E-state index contributed by atoms with van der Waals surface area (Å²) in [5.74, 6) is 0. The van der Waals surface area contributed by atoms with Gasteiger partial charge in [0.15, 0.2) is 0 Å². The van der Waals surface area contributed by atoms with Crippen LogP contribution in [0.5, 0.6) is 0 Å². The van der Waals surface area contributed by atoms with E-state index in [4.69, 9.17) is 0 Å². The molecule has 1 heteroatoms. The lowest BCUT2D eigenvalue weighted by Crippen LogP contribution is -1.84. The summed E-state index contributed by atoms with van der Waals surface area (Å²) in [5.41, 5.74) is 3.98. The van der Waals surface area contributed by atoms with E-state index in [0.717, 1.165) is 4.43 Å². The largest absolute Gasteiger partial charge is 0.0985 e. The number of benzene rings is 1. The number of halogens is 1. The van der Waals surface area contributed by atoms with Crippen molar-refractivity contribution in [1.82, 2.24) is 0 Å². The Morgan fingerprint density at radius 1 is 1.55 bits per heavy atom. The van der Waals surface area contributed by atoms with Crippen molar-refractivity contribution in [1.29, 1.82) is 0 Å². The fourth-order valence-corrected chi connectivity index (χ4v) is 1.78. The molecule has 0 aliphatic rings. The Labute approximate surface area is 81.5 Å². The molecule has 0 bridgehead atoms. The molecule has 1 aromatic rings. The van der Waals surface area contributed by atoms with Gasteiger partial charge in [0.25, 0.3) is 0 Å². The maximum absolute atomic E-state index is 3.73. The van der Waals surface area contributed by atoms with Crippen LogP contribution in [-0.4, -0.2) is 0 Å². The summed E-state index contributed by atoms with van der Waals surface area (Å²) >= 11 is 2.38. The van der Waals surface area contributed by atoms with Crippen molar-refractivity contribution < 1.29 is 0 Å². The first-order valence-electron chi connectivity index (χ1n) is 3.56. The minimum atomic E-state index is 1.07. The first-order valence-corrected chi connectivity index (χ1v) is 5.08. The molecule has 0 unspecified atom stereocenters. The molecule has 0 aliphatic carbocycles. The molecule has 11 heavy (non-hydrogen) atoms. The van der Waals surface area contributed by atoms with Crippen molar-refractivity contribution in [3.8, 4) is 0 Å². The minimum Gasteiger partial charge on any atom is -0.0985 e. The fraction of sp³-hybridized carbons (Fsp3) is 0.200. The summed E-state index contributed by atoms with van der Waals surface area (Å²) in [7, 11) is 0. The lowest BCUT2D eigenvalue weighted by molar-refractivity contribution is 1.32. The normalized spacial score (nSPS) is 9.64. The van der Waals surface area contributed by atoms with Crippen LogP contribution in [0.4, 0.5) is 0 Å². The van der Waals surface area contributed by atoms with Crippen LogP contribution in [0, 0.1) is 6.92 Å². The summed E-state index contributed by atoms with van der Waals surface area (Å²) in [6.45, 7) is 5.87. The molecule has 0 heterocycles. The van der Waals surface area contributed by atoms with Gasteiger partial charge in [-0.3, -0.25) is 0 Å². The Balaban J connectivity index is 3.12. The highest BCUT2D eigenvalue weighted by Gasteiger charge is 1.95. The molecule has 0 radical (unpaired) electrons. The molecule has 0 amide bonds. The van der Waals surface area contributed by atoms with E-state index in [1.54, 1.807) is 0 Å². The van der Waals surface area contributed by atoms with Gasteiger partial charge in [-0.2, -0.15) is 0 Å². The number of hydrogen-bond acceptors (Lipinski definition) is 0. The molecule has 0 atom stereocenters. The second kappa shape index (κ2) is 3.90. The van der Waals surface area contributed by atoms with Crippen molar-refractivity contribution in [3.05, 3.63) is 41.5 Å². The Kier molecular flexibility index (Phi) is 3.12. The van der Waals surface area contributed by atoms with Crippen LogP contribution in [0.2, 0.25) is 0 Å². The maximum atomic E-state index is 3.73. The fourth-order valence-electron chi connectivity index (χ4n) is 0.962. The predicted octanol–water partition coefficient (Wildman–Crippen LogP) is 3.57. The number of alkyl halides is 1. The highest BCUT2D eigenvalue weighted by atomic mass is 127. The van der Waals surface area contributed by atoms with Gasteiger partial charge in [-0.15, -0.1) is 0 Å². The van der Waals surface area contributed by atoms with E-state index in [9.17, 15) is 0 Å². The molecule has 0 nitrogen and oxygen atoms in total. The smallest absolute Gasteiger partial charge is 0.0249 e. The SMILES string of the molecule is C=Cc1ccc(C)c(CI)c1. The van der Waals surface area contributed by atoms with Crippen molar-refractivity contribution in [2.75, 3.05) is 0 Å². The minimum absolute atomic E-state index is 1.07. The van der Waals surface area contributed by atoms with Crippen LogP contribution in [0.15, 0.2) is 24.8 Å². The summed E-state index contributed by atoms with van der Waals surface area (Å²) < 4.78 is 1.07. The van der Waals surface area contributed by atoms with Gasteiger partial charge >= 0.3 is 0 Å². The lowest BCUT2D eigenvalue weighted by atomic mass is 10.1. The van der Waals surface area contributed by atoms with Crippen LogP contribution in [0.3, 0.4) is 0 Å². The number of aryl methyl sites for hydroxylation is 1. The van der Waals surface area contributed by atoms with Crippen LogP contribution in [0.1, 0.15) is 16.7 Å². The van der Waals surface area contributed by atoms with Crippen LogP contribution >= 0.6 is 22.6 Å². The third kappa shape index (κ3) is 2.06. The van der Waals surface area contributed by atoms with Crippen molar-refractivity contribution in [2.24, 2.45) is 0 Å². The molecular weight excluding hydrogens is 247 g/mol. The van der Waals surface area contributed by atoms with Gasteiger partial charge in [0.1, 0.15) is 0 Å². The Hall–Kier alpha value is -0.310. The first kappa shape index (κ1) is 8.78. The van der Waals surface area contributed by atoms with Crippen molar-refractivity contribution in [2.45, 2.75) is 11.4 Å². The molecule has 58 valence electrons. The van der Waals surface area contributed by atoms with Gasteiger partial charge in [-0.1, -0.05) is 53.4 Å². The first-order chi connectivity index (χ1) is 5.27. The lowest BCUT2D eigenvalue weighted by Gasteiger charge is -2.02. The van der Waals surface area contributed by atoms with Gasteiger partial charge in [-0.25, -0.2) is 0 Å². The summed E-state index contributed by atoms with van der Waals surface area (Å²) in [4.78, 5) is 0. The average molecular weight is 258 g/mol. The maximum Gasteiger partial charge on any atom is 0.0249 e. The molecule has 0 saturated carbocycles. The third-order valence-electron chi connectivity index (χ3n) is 1.75. The van der Waals surface area contributed by atoms with Crippen molar-refractivity contribution in [3.63, 3.8) is 0 Å². The van der Waals surface area contributed by atoms with E-state index in [2.05, 4.69) is 54.3 Å². The summed E-state index contributed by atoms with van der Waals surface area (Å²) in [5, 5.41) is 0. The van der Waals surface area contributed by atoms with E-state index >= 15 is 0 Å². The molecular formula is C10H11I. The van der Waals surface area contributed by atoms with E-state index in [1.165, 1.54) is 16.7 Å². The van der Waals surface area contributed by atoms with Crippen LogP contribution in [0.25, 0.3) is 6.08 Å². The van der Waals surface area contributed by atoms with E-state index in [0.29, 0.717) is 0 Å². The van der Waals surface area contributed by atoms with Crippen LogP contribution in [-0.2, 0) is 4.43 Å². The van der Waals surface area contributed by atoms with Gasteiger partial charge in [0, 0.05) is 4.43 Å². The molecule has 1 aromatic carbocycles. The van der Waals surface area contributed by atoms with E-state index in [1.807, 2.05) is 6.08 Å². The number of hydrogen-bond donors (Lipinski definition) is 0. The zero-order valence-corrected chi connectivity index (χ0v) is 8.76. The molecule has 0 N–H and O–H groups in total. The summed E-state index contributed by atoms with van der Waals surface area (Å²) in [6.07, 6.45) is 1.88. The third-order valence-corrected chi connectivity index (χ3v) is 2.57. The van der Waals surface area contributed by atoms with Crippen LogP contribution < -0.4 is 0 Å². The Morgan fingerprint density at radius 2 is 2.27 bits per heavy atom. The second-order valence-electron chi connectivity index (χ2n) is 2.52. The Morgan fingerprint density at radius 3 is 2.82 bits per heavy atom. The molecule has 0 saturated heterocycles. The molecule has 0 spiro atoms. The quantitative estimate of drug-likeness (QED) is 0.562. The van der Waals surface area contributed by atoms with Gasteiger partial charge in [0.2, 0.25) is 0 Å². The standard InChI is InChI=1S/C10H11I/c1-3-9-5-4-8(2)10(6-9)7-11/h3-6H,1,7H2,2H3. The Bertz CT molecular complexity index is 264. The van der Waals surface area contributed by atoms with E-state index in [-0.39, 0.29) is 0 Å². The topological polar surface area (TPSA) is 0 Å². The van der Waals surface area contributed by atoms with Gasteiger partial charge in [0.05, 0.1) is 0 Å². The second-order valence-corrected chi connectivity index (χ2v) is 3.29. The molecule has 0 aromatic heterocycles. The predicted molar refractivity (Wildman–Crippen MR) is 59.0 cm³/mol. The number of rotatable bonds is 2. The van der Waals surface area contributed by atoms with Gasteiger partial charge < -0.3 is 0 Å². The zero-order valence-electron chi connectivity index (χ0n) is 6.60. The highest BCUT2D eigenvalue weighted by Crippen LogP contribution is 2.14. The van der Waals surface area contributed by atoms with Crippen molar-refractivity contribution >= 4 is 28.7 Å². The monoisotopic (exact) mass is 258 g/mol. The van der Waals surface area contributed by atoms with E-state index < -0.39 is 0 Å². The summed E-state index contributed by atoms with van der Waals surface area (Å²) in [6, 6.07) is 6.43. The molecule has 0 fully saturated rings. The molecule has 0 aliphatic heterocycles. The average Bonchev–Trinajstić information content (AvgIpc) is 2.05. The molecule has 1 rings (SSSR count).